The number of rotatable bonds is 5. The van der Waals surface area contributed by atoms with E-state index in [-0.39, 0.29) is 16.7 Å². The molecule has 0 bridgehead atoms. The Morgan fingerprint density at radius 2 is 2.26 bits per heavy atom. The Morgan fingerprint density at radius 3 is 2.96 bits per heavy atom. The van der Waals surface area contributed by atoms with E-state index in [0.29, 0.717) is 21.9 Å². The molecule has 1 aliphatic rings. The summed E-state index contributed by atoms with van der Waals surface area (Å²) >= 11 is 2.75. The first-order chi connectivity index (χ1) is 11.1. The highest BCUT2D eigenvalue weighted by molar-refractivity contribution is 8.00. The van der Waals surface area contributed by atoms with Gasteiger partial charge in [-0.3, -0.25) is 14.2 Å². The molecule has 3 heterocycles. The maximum absolute atomic E-state index is 12.6. The van der Waals surface area contributed by atoms with Gasteiger partial charge < -0.3 is 4.90 Å². The van der Waals surface area contributed by atoms with Crippen molar-refractivity contribution in [3.8, 4) is 0 Å². The van der Waals surface area contributed by atoms with E-state index in [2.05, 4.69) is 11.6 Å². The number of thioether (sulfide) groups is 1. The molecule has 23 heavy (non-hydrogen) atoms. The van der Waals surface area contributed by atoms with Crippen LogP contribution in [0.4, 0.5) is 0 Å². The largest absolute Gasteiger partial charge is 0.342 e. The summed E-state index contributed by atoms with van der Waals surface area (Å²) in [4.78, 5) is 31.6. The molecule has 3 rings (SSSR count). The van der Waals surface area contributed by atoms with Crippen LogP contribution in [0.2, 0.25) is 0 Å². The highest BCUT2D eigenvalue weighted by Gasteiger charge is 2.25. The average Bonchev–Trinajstić information content (AvgIpc) is 3.21. The molecule has 0 aliphatic carbocycles. The average molecular weight is 349 g/mol. The number of carbonyl (C=O) groups excluding carboxylic acids is 1. The number of hydrogen-bond donors (Lipinski definition) is 0. The number of hydrogen-bond acceptors (Lipinski definition) is 5. The molecule has 0 aromatic carbocycles. The second kappa shape index (κ2) is 6.88. The first-order valence-electron chi connectivity index (χ1n) is 7.66. The third-order valence-electron chi connectivity index (χ3n) is 3.89. The molecule has 0 N–H and O–H groups in total. The predicted molar refractivity (Wildman–Crippen MR) is 95.2 cm³/mol. The molecule has 5 nitrogen and oxygen atoms in total. The zero-order valence-corrected chi connectivity index (χ0v) is 14.7. The molecule has 1 fully saturated rings. The number of allylic oxidation sites excluding steroid dienone is 1. The number of likely N-dealkylation sites (tertiary alicyclic amines) is 1. The predicted octanol–water partition coefficient (Wildman–Crippen LogP) is 2.75. The van der Waals surface area contributed by atoms with Crippen LogP contribution >= 0.6 is 23.1 Å². The number of amides is 1. The standard InChI is InChI=1S/C16H19N3O2S2/c1-3-7-19-15(21)13-12(6-10-22-13)17-16(19)23-11(2)14(20)18-8-4-5-9-18/h3,6,10-11H,1,4-5,7-9H2,2H3/t11-/m0/s1. The molecule has 1 amide bonds. The van der Waals surface area contributed by atoms with Crippen molar-refractivity contribution in [3.05, 3.63) is 34.5 Å². The monoisotopic (exact) mass is 349 g/mol. The van der Waals surface area contributed by atoms with E-state index >= 15 is 0 Å². The molecule has 0 saturated carbocycles. The maximum Gasteiger partial charge on any atom is 0.272 e. The summed E-state index contributed by atoms with van der Waals surface area (Å²) < 4.78 is 2.25. The summed E-state index contributed by atoms with van der Waals surface area (Å²) in [5.41, 5.74) is 0.636. The van der Waals surface area contributed by atoms with Crippen LogP contribution in [0.5, 0.6) is 0 Å². The van der Waals surface area contributed by atoms with Gasteiger partial charge in [0.25, 0.3) is 5.56 Å². The summed E-state index contributed by atoms with van der Waals surface area (Å²) in [6, 6.07) is 1.84. The molecule has 2 aromatic rings. The highest BCUT2D eigenvalue weighted by Crippen LogP contribution is 2.26. The van der Waals surface area contributed by atoms with Crippen LogP contribution in [0.3, 0.4) is 0 Å². The van der Waals surface area contributed by atoms with E-state index in [1.54, 1.807) is 10.6 Å². The van der Waals surface area contributed by atoms with Crippen LogP contribution in [-0.2, 0) is 11.3 Å². The number of aromatic nitrogens is 2. The van der Waals surface area contributed by atoms with Crippen LogP contribution in [0.1, 0.15) is 19.8 Å². The topological polar surface area (TPSA) is 55.2 Å². The van der Waals surface area contributed by atoms with Gasteiger partial charge in [0.15, 0.2) is 5.16 Å². The third-order valence-corrected chi connectivity index (χ3v) is 5.86. The Bertz CT molecular complexity index is 790. The van der Waals surface area contributed by atoms with Crippen LogP contribution in [0, 0.1) is 0 Å². The second-order valence-corrected chi connectivity index (χ2v) is 7.75. The Morgan fingerprint density at radius 1 is 1.52 bits per heavy atom. The molecular weight excluding hydrogens is 330 g/mol. The lowest BCUT2D eigenvalue weighted by Crippen LogP contribution is -2.34. The van der Waals surface area contributed by atoms with Gasteiger partial charge in [0, 0.05) is 19.6 Å². The van der Waals surface area contributed by atoms with Crippen molar-refractivity contribution in [2.75, 3.05) is 13.1 Å². The molecule has 7 heteroatoms. The van der Waals surface area contributed by atoms with Gasteiger partial charge in [-0.1, -0.05) is 17.8 Å². The van der Waals surface area contributed by atoms with Gasteiger partial charge in [-0.15, -0.1) is 17.9 Å². The first-order valence-corrected chi connectivity index (χ1v) is 9.42. The van der Waals surface area contributed by atoms with Crippen molar-refractivity contribution >= 4 is 39.2 Å². The van der Waals surface area contributed by atoms with E-state index in [1.807, 2.05) is 23.3 Å². The minimum atomic E-state index is -0.257. The molecule has 122 valence electrons. The van der Waals surface area contributed by atoms with Gasteiger partial charge in [-0.05, 0) is 31.2 Å². The van der Waals surface area contributed by atoms with E-state index in [9.17, 15) is 9.59 Å². The summed E-state index contributed by atoms with van der Waals surface area (Å²) in [7, 11) is 0. The van der Waals surface area contributed by atoms with E-state index in [0.717, 1.165) is 25.9 Å². The van der Waals surface area contributed by atoms with E-state index in [1.165, 1.54) is 23.1 Å². The SMILES string of the molecule is C=CCn1c(S[C@@H](C)C(=O)N2CCCC2)nc2ccsc2c1=O. The number of thiophene rings is 1. The zero-order valence-electron chi connectivity index (χ0n) is 13.0. The van der Waals surface area contributed by atoms with Gasteiger partial charge in [-0.25, -0.2) is 4.98 Å². The van der Waals surface area contributed by atoms with Crippen molar-refractivity contribution < 1.29 is 4.79 Å². The number of fused-ring (bicyclic) bond motifs is 1. The van der Waals surface area contributed by atoms with Crippen LogP contribution in [-0.4, -0.2) is 38.7 Å². The summed E-state index contributed by atoms with van der Waals surface area (Å²) in [5, 5.41) is 2.19. The van der Waals surface area contributed by atoms with Gasteiger partial charge in [0.1, 0.15) is 4.70 Å². The first kappa shape index (κ1) is 16.3. The van der Waals surface area contributed by atoms with Crippen molar-refractivity contribution in [2.24, 2.45) is 0 Å². The molecular formula is C16H19N3O2S2. The maximum atomic E-state index is 12.6. The summed E-state index contributed by atoms with van der Waals surface area (Å²) in [6.07, 6.45) is 3.83. The third kappa shape index (κ3) is 3.21. The van der Waals surface area contributed by atoms with Gasteiger partial charge in [0.2, 0.25) is 5.91 Å². The fourth-order valence-corrected chi connectivity index (χ4v) is 4.49. The molecule has 1 atom stereocenters. The smallest absolute Gasteiger partial charge is 0.272 e. The Balaban J connectivity index is 1.91. The normalized spacial score (nSPS) is 16.0. The Labute approximate surface area is 143 Å². The van der Waals surface area contributed by atoms with Crippen LogP contribution in [0.25, 0.3) is 10.2 Å². The molecule has 1 aliphatic heterocycles. The zero-order chi connectivity index (χ0) is 16.4. The van der Waals surface area contributed by atoms with Gasteiger partial charge in [-0.2, -0.15) is 0 Å². The Kier molecular flexibility index (Phi) is 4.87. The molecule has 2 aromatic heterocycles. The van der Waals surface area contributed by atoms with Crippen molar-refractivity contribution in [2.45, 2.75) is 36.7 Å². The summed E-state index contributed by atoms with van der Waals surface area (Å²) in [6.45, 7) is 7.66. The lowest BCUT2D eigenvalue weighted by molar-refractivity contribution is -0.129. The number of carbonyl (C=O) groups is 1. The molecule has 0 unspecified atom stereocenters. The summed E-state index contributed by atoms with van der Waals surface area (Å²) in [5.74, 6) is 0.123. The molecule has 0 spiro atoms. The Hall–Kier alpha value is -1.60. The fourth-order valence-electron chi connectivity index (χ4n) is 2.71. The second-order valence-electron chi connectivity index (χ2n) is 5.53. The number of nitrogens with zero attached hydrogens (tertiary/aromatic N) is 3. The minimum absolute atomic E-state index is 0.0618. The van der Waals surface area contributed by atoms with Crippen LogP contribution in [0.15, 0.2) is 34.1 Å². The minimum Gasteiger partial charge on any atom is -0.342 e. The molecule has 1 saturated heterocycles. The van der Waals surface area contributed by atoms with E-state index in [4.69, 9.17) is 0 Å². The van der Waals surface area contributed by atoms with Crippen molar-refractivity contribution in [1.82, 2.24) is 14.5 Å². The van der Waals surface area contributed by atoms with E-state index < -0.39 is 0 Å². The van der Waals surface area contributed by atoms with Crippen molar-refractivity contribution in [3.63, 3.8) is 0 Å². The fraction of sp³-hybridized carbons (Fsp3) is 0.438. The van der Waals surface area contributed by atoms with Crippen LogP contribution < -0.4 is 5.56 Å². The lowest BCUT2D eigenvalue weighted by Gasteiger charge is -2.20. The highest BCUT2D eigenvalue weighted by atomic mass is 32.2. The van der Waals surface area contributed by atoms with Gasteiger partial charge in [0.05, 0.1) is 10.8 Å². The lowest BCUT2D eigenvalue weighted by atomic mass is 10.4. The van der Waals surface area contributed by atoms with Gasteiger partial charge >= 0.3 is 0 Å². The quantitative estimate of drug-likeness (QED) is 0.473. The molecule has 0 radical (unpaired) electrons. The van der Waals surface area contributed by atoms with Crippen molar-refractivity contribution in [1.29, 1.82) is 0 Å².